The smallest absolute Gasteiger partial charge is 0.416 e. The Labute approximate surface area is 229 Å². The average molecular weight is 574 g/mol. The Balaban J connectivity index is 1.61. The first-order chi connectivity index (χ1) is 18.7. The van der Waals surface area contributed by atoms with E-state index in [9.17, 15) is 36.2 Å². The second-order valence-electron chi connectivity index (χ2n) is 11.0. The normalized spacial score (nSPS) is 27.4. The second-order valence-corrected chi connectivity index (χ2v) is 11.0. The number of rotatable bonds is 7. The molecule has 0 aliphatic carbocycles. The molecule has 0 saturated carbocycles. The first kappa shape index (κ1) is 30.3. The van der Waals surface area contributed by atoms with E-state index in [1.54, 1.807) is 6.92 Å². The van der Waals surface area contributed by atoms with Crippen molar-refractivity contribution in [3.05, 3.63) is 70.8 Å². The van der Waals surface area contributed by atoms with Crippen LogP contribution in [-0.2, 0) is 26.6 Å². The van der Waals surface area contributed by atoms with Crippen molar-refractivity contribution >= 4 is 5.97 Å². The van der Waals surface area contributed by atoms with E-state index < -0.39 is 47.3 Å². The fourth-order valence-corrected chi connectivity index (χ4v) is 5.77. The molecule has 4 rings (SSSR count). The van der Waals surface area contributed by atoms with Crippen LogP contribution in [0.25, 0.3) is 0 Å². The third kappa shape index (κ3) is 6.98. The fourth-order valence-electron chi connectivity index (χ4n) is 5.77. The third-order valence-electron chi connectivity index (χ3n) is 7.96. The lowest BCUT2D eigenvalue weighted by atomic mass is 9.78. The fraction of sp³-hybridized carbons (Fsp3) is 0.552. The van der Waals surface area contributed by atoms with Crippen molar-refractivity contribution in [1.29, 1.82) is 0 Å². The number of hydrogen-bond donors (Lipinski definition) is 1. The van der Waals surface area contributed by atoms with Gasteiger partial charge in [0.15, 0.2) is 6.29 Å². The molecule has 0 spiro atoms. The Kier molecular flexibility index (Phi) is 8.87. The highest BCUT2D eigenvalue weighted by Crippen LogP contribution is 2.42. The van der Waals surface area contributed by atoms with Crippen molar-refractivity contribution in [3.63, 3.8) is 0 Å². The Morgan fingerprint density at radius 2 is 1.73 bits per heavy atom. The molecule has 2 aliphatic heterocycles. The molecule has 220 valence electrons. The number of hydrogen-bond acceptors (Lipinski definition) is 4. The molecule has 2 aromatic rings. The molecule has 2 saturated heterocycles. The average Bonchev–Trinajstić information content (AvgIpc) is 2.88. The summed E-state index contributed by atoms with van der Waals surface area (Å²) in [6.07, 6.45) is -10.1. The number of carboxylic acid groups (broad SMARTS) is 1. The maximum atomic E-state index is 13.4. The van der Waals surface area contributed by atoms with E-state index in [0.29, 0.717) is 38.1 Å². The minimum atomic E-state index is -4.96. The lowest BCUT2D eigenvalue weighted by Crippen LogP contribution is -2.49. The number of aliphatic carboxylic acids is 1. The van der Waals surface area contributed by atoms with Gasteiger partial charge in [0, 0.05) is 19.0 Å². The Morgan fingerprint density at radius 3 is 2.30 bits per heavy atom. The standard InChI is InChI=1S/C29H33F6NO4/c1-18(21-13-22(28(30,31)32)15-23(14-21)29(33,34)35)40-25-24(19-7-4-3-5-8-19)20(9-12-39-25)16-36-11-6-10-27(2,17-36)26(37)38/h3-5,7-8,13-15,18,20,24-25H,6,9-12,16-17H2,1-2H3,(H,37,38)/t18-,20+,24-,25-,27+/m1/s1. The maximum Gasteiger partial charge on any atom is 0.416 e. The van der Waals surface area contributed by atoms with Crippen molar-refractivity contribution < 1.29 is 45.7 Å². The number of nitrogens with zero attached hydrogens (tertiary/aromatic N) is 1. The summed E-state index contributed by atoms with van der Waals surface area (Å²) >= 11 is 0. The van der Waals surface area contributed by atoms with Gasteiger partial charge >= 0.3 is 18.3 Å². The minimum Gasteiger partial charge on any atom is -0.481 e. The molecule has 5 nitrogen and oxygen atoms in total. The molecule has 0 amide bonds. The Hall–Kier alpha value is -2.63. The lowest BCUT2D eigenvalue weighted by Gasteiger charge is -2.44. The molecule has 0 bridgehead atoms. The first-order valence-electron chi connectivity index (χ1n) is 13.2. The summed E-state index contributed by atoms with van der Waals surface area (Å²) in [5, 5.41) is 9.73. The molecule has 0 aromatic heterocycles. The predicted molar refractivity (Wildman–Crippen MR) is 134 cm³/mol. The molecule has 0 unspecified atom stereocenters. The molecule has 2 fully saturated rings. The molecule has 0 radical (unpaired) electrons. The highest BCUT2D eigenvalue weighted by molar-refractivity contribution is 5.74. The van der Waals surface area contributed by atoms with Crippen LogP contribution in [0.3, 0.4) is 0 Å². The molecule has 2 aromatic carbocycles. The van der Waals surface area contributed by atoms with Crippen LogP contribution in [0.15, 0.2) is 48.5 Å². The van der Waals surface area contributed by atoms with Crippen LogP contribution in [0.1, 0.15) is 67.4 Å². The van der Waals surface area contributed by atoms with E-state index in [4.69, 9.17) is 9.47 Å². The molecule has 1 N–H and O–H groups in total. The van der Waals surface area contributed by atoms with Crippen molar-refractivity contribution in [2.75, 3.05) is 26.2 Å². The number of ether oxygens (including phenoxy) is 2. The lowest BCUT2D eigenvalue weighted by molar-refractivity contribution is -0.211. The molecular weight excluding hydrogens is 540 g/mol. The Bertz CT molecular complexity index is 1140. The first-order valence-corrected chi connectivity index (χ1v) is 13.2. The van der Waals surface area contributed by atoms with Gasteiger partial charge in [-0.25, -0.2) is 0 Å². The van der Waals surface area contributed by atoms with Gasteiger partial charge < -0.3 is 19.5 Å². The topological polar surface area (TPSA) is 59.0 Å². The summed E-state index contributed by atoms with van der Waals surface area (Å²) in [7, 11) is 0. The van der Waals surface area contributed by atoms with Gasteiger partial charge in [-0.05, 0) is 74.9 Å². The number of piperidine rings is 1. The molecule has 2 heterocycles. The number of carbonyl (C=O) groups is 1. The summed E-state index contributed by atoms with van der Waals surface area (Å²) in [4.78, 5) is 14.0. The number of halogens is 6. The predicted octanol–water partition coefficient (Wildman–Crippen LogP) is 7.13. The zero-order valence-electron chi connectivity index (χ0n) is 22.3. The van der Waals surface area contributed by atoms with Crippen LogP contribution in [0.2, 0.25) is 0 Å². The summed E-state index contributed by atoms with van der Waals surface area (Å²) in [5.41, 5.74) is -3.06. The summed E-state index contributed by atoms with van der Waals surface area (Å²) in [6.45, 7) is 5.10. The highest BCUT2D eigenvalue weighted by Gasteiger charge is 2.43. The van der Waals surface area contributed by atoms with Crippen molar-refractivity contribution in [2.24, 2.45) is 11.3 Å². The van der Waals surface area contributed by atoms with E-state index >= 15 is 0 Å². The van der Waals surface area contributed by atoms with Gasteiger partial charge in [-0.1, -0.05) is 30.3 Å². The highest BCUT2D eigenvalue weighted by atomic mass is 19.4. The van der Waals surface area contributed by atoms with Gasteiger partial charge in [0.1, 0.15) is 0 Å². The van der Waals surface area contributed by atoms with Gasteiger partial charge in [-0.3, -0.25) is 4.79 Å². The molecule has 11 heteroatoms. The van der Waals surface area contributed by atoms with Crippen LogP contribution in [0, 0.1) is 11.3 Å². The number of carboxylic acids is 1. The van der Waals surface area contributed by atoms with Crippen molar-refractivity contribution in [1.82, 2.24) is 4.90 Å². The monoisotopic (exact) mass is 573 g/mol. The van der Waals surface area contributed by atoms with Gasteiger partial charge in [-0.2, -0.15) is 26.3 Å². The number of alkyl halides is 6. The van der Waals surface area contributed by atoms with Crippen molar-refractivity contribution in [3.8, 4) is 0 Å². The van der Waals surface area contributed by atoms with E-state index in [2.05, 4.69) is 4.90 Å². The Morgan fingerprint density at radius 1 is 1.10 bits per heavy atom. The SMILES string of the molecule is C[C@@H](O[C@H]1OCC[C@@H](CN2CCC[C@](C)(C(=O)O)C2)[C@H]1c1ccccc1)c1cc(C(F)(F)F)cc(C(F)(F)F)c1. The zero-order chi connectivity index (χ0) is 29.3. The molecule has 2 aliphatic rings. The quantitative estimate of drug-likeness (QED) is 0.357. The summed E-state index contributed by atoms with van der Waals surface area (Å²) < 4.78 is 92.7. The second kappa shape index (κ2) is 11.7. The van der Waals surface area contributed by atoms with Gasteiger partial charge in [0.25, 0.3) is 0 Å². The van der Waals surface area contributed by atoms with Crippen LogP contribution in [-0.4, -0.2) is 48.5 Å². The van der Waals surface area contributed by atoms with Crippen molar-refractivity contribution in [2.45, 2.75) is 63.8 Å². The largest absolute Gasteiger partial charge is 0.481 e. The van der Waals surface area contributed by atoms with Gasteiger partial charge in [0.2, 0.25) is 0 Å². The molecule has 5 atom stereocenters. The third-order valence-corrected chi connectivity index (χ3v) is 7.96. The van der Waals surface area contributed by atoms with E-state index in [0.717, 1.165) is 18.5 Å². The molecular formula is C29H33F6NO4. The van der Waals surface area contributed by atoms with Crippen LogP contribution in [0.4, 0.5) is 26.3 Å². The molecule has 40 heavy (non-hydrogen) atoms. The van der Waals surface area contributed by atoms with Crippen LogP contribution >= 0.6 is 0 Å². The van der Waals surface area contributed by atoms with Gasteiger partial charge in [-0.15, -0.1) is 0 Å². The van der Waals surface area contributed by atoms with E-state index in [-0.39, 0.29) is 30.1 Å². The summed E-state index contributed by atoms with van der Waals surface area (Å²) in [6, 6.07) is 10.7. The zero-order valence-corrected chi connectivity index (χ0v) is 22.3. The van der Waals surface area contributed by atoms with Gasteiger partial charge in [0.05, 0.1) is 29.3 Å². The number of benzene rings is 2. The number of likely N-dealkylation sites (tertiary alicyclic amines) is 1. The maximum absolute atomic E-state index is 13.4. The van der Waals surface area contributed by atoms with E-state index in [1.807, 2.05) is 30.3 Å². The van der Waals surface area contributed by atoms with Crippen LogP contribution in [0.5, 0.6) is 0 Å². The van der Waals surface area contributed by atoms with E-state index in [1.165, 1.54) is 6.92 Å². The minimum absolute atomic E-state index is 0.0447. The summed E-state index contributed by atoms with van der Waals surface area (Å²) in [5.74, 6) is -1.27. The van der Waals surface area contributed by atoms with Crippen LogP contribution < -0.4 is 0 Å².